The molecule has 17 heavy (non-hydrogen) atoms. The molecule has 0 bridgehead atoms. The molecule has 0 spiro atoms. The van der Waals surface area contributed by atoms with Gasteiger partial charge in [-0.15, -0.1) is 0 Å². The number of nitrogens with zero attached hydrogens (tertiary/aromatic N) is 2. The number of carbonyl (C=O) groups is 1. The first-order chi connectivity index (χ1) is 7.95. The predicted octanol–water partition coefficient (Wildman–Crippen LogP) is -0.635. The zero-order valence-electron chi connectivity index (χ0n) is 11.3. The summed E-state index contributed by atoms with van der Waals surface area (Å²) in [6.45, 7) is 6.09. The van der Waals surface area contributed by atoms with Crippen molar-refractivity contribution in [1.82, 2.24) is 15.1 Å². The summed E-state index contributed by atoms with van der Waals surface area (Å²) in [6.07, 6.45) is 0. The Morgan fingerprint density at radius 1 is 1.53 bits per heavy atom. The normalized spacial score (nSPS) is 25.7. The average molecular weight is 243 g/mol. The lowest BCUT2D eigenvalue weighted by atomic mass is 9.99. The molecule has 2 atom stereocenters. The second kappa shape index (κ2) is 6.33. The van der Waals surface area contributed by atoms with Crippen LogP contribution in [0.4, 0.5) is 0 Å². The Hall–Kier alpha value is -0.650. The summed E-state index contributed by atoms with van der Waals surface area (Å²) in [7, 11) is 3.77. The van der Waals surface area contributed by atoms with E-state index in [1.165, 1.54) is 0 Å². The highest BCUT2D eigenvalue weighted by atomic mass is 16.3. The Morgan fingerprint density at radius 3 is 2.65 bits per heavy atom. The van der Waals surface area contributed by atoms with Gasteiger partial charge in [-0.25, -0.2) is 0 Å². The minimum absolute atomic E-state index is 0.0248. The third-order valence-electron chi connectivity index (χ3n) is 3.24. The standard InChI is InChI=1S/C12H25N3O2/c1-9(2)11-6-15(10(8-16)5-13-11)12(17)7-14(3)4/h9-11,13,16H,5-8H2,1-4H3. The number of aliphatic hydroxyl groups excluding tert-OH is 1. The molecular formula is C12H25N3O2. The minimum Gasteiger partial charge on any atom is -0.394 e. The van der Waals surface area contributed by atoms with E-state index in [-0.39, 0.29) is 18.6 Å². The van der Waals surface area contributed by atoms with Crippen molar-refractivity contribution >= 4 is 5.91 Å². The van der Waals surface area contributed by atoms with E-state index in [4.69, 9.17) is 0 Å². The first-order valence-corrected chi connectivity index (χ1v) is 6.24. The van der Waals surface area contributed by atoms with Crippen LogP contribution in [0.15, 0.2) is 0 Å². The van der Waals surface area contributed by atoms with Gasteiger partial charge >= 0.3 is 0 Å². The molecule has 2 unspecified atom stereocenters. The second-order valence-electron chi connectivity index (χ2n) is 5.38. The molecule has 100 valence electrons. The molecule has 5 nitrogen and oxygen atoms in total. The number of nitrogens with one attached hydrogen (secondary N) is 1. The van der Waals surface area contributed by atoms with Crippen LogP contribution in [0.3, 0.4) is 0 Å². The Bertz CT molecular complexity index is 256. The summed E-state index contributed by atoms with van der Waals surface area (Å²) in [5.74, 6) is 0.588. The molecular weight excluding hydrogens is 218 g/mol. The van der Waals surface area contributed by atoms with Crippen LogP contribution in [0.2, 0.25) is 0 Å². The summed E-state index contributed by atoms with van der Waals surface area (Å²) in [6, 6.07) is 0.237. The molecule has 1 fully saturated rings. The van der Waals surface area contributed by atoms with Gasteiger partial charge in [0.2, 0.25) is 5.91 Å². The number of amides is 1. The summed E-state index contributed by atoms with van der Waals surface area (Å²) in [5, 5.41) is 12.7. The smallest absolute Gasteiger partial charge is 0.237 e. The number of piperazine rings is 1. The zero-order chi connectivity index (χ0) is 13.0. The molecule has 0 aromatic carbocycles. The average Bonchev–Trinajstić information content (AvgIpc) is 2.27. The van der Waals surface area contributed by atoms with Crippen LogP contribution in [0.25, 0.3) is 0 Å². The maximum absolute atomic E-state index is 12.1. The van der Waals surface area contributed by atoms with Crippen molar-refractivity contribution in [3.8, 4) is 0 Å². The van der Waals surface area contributed by atoms with Gasteiger partial charge in [-0.05, 0) is 20.0 Å². The number of likely N-dealkylation sites (N-methyl/N-ethyl adjacent to an activating group) is 1. The van der Waals surface area contributed by atoms with Crippen LogP contribution in [-0.2, 0) is 4.79 Å². The number of hydrogen-bond donors (Lipinski definition) is 2. The van der Waals surface area contributed by atoms with Crippen LogP contribution < -0.4 is 5.32 Å². The van der Waals surface area contributed by atoms with Crippen LogP contribution in [-0.4, -0.2) is 73.2 Å². The van der Waals surface area contributed by atoms with Crippen molar-refractivity contribution in [2.45, 2.75) is 25.9 Å². The predicted molar refractivity (Wildman–Crippen MR) is 67.8 cm³/mol. The molecule has 1 amide bonds. The second-order valence-corrected chi connectivity index (χ2v) is 5.38. The van der Waals surface area contributed by atoms with Gasteiger partial charge in [0.05, 0.1) is 19.2 Å². The topological polar surface area (TPSA) is 55.8 Å². The molecule has 2 N–H and O–H groups in total. The summed E-state index contributed by atoms with van der Waals surface area (Å²) >= 11 is 0. The van der Waals surface area contributed by atoms with Gasteiger partial charge in [-0.3, -0.25) is 4.79 Å². The van der Waals surface area contributed by atoms with Gasteiger partial charge in [0.25, 0.3) is 0 Å². The number of aliphatic hydroxyl groups is 1. The van der Waals surface area contributed by atoms with E-state index in [0.29, 0.717) is 31.6 Å². The lowest BCUT2D eigenvalue weighted by Gasteiger charge is -2.41. The van der Waals surface area contributed by atoms with Crippen molar-refractivity contribution in [3.05, 3.63) is 0 Å². The van der Waals surface area contributed by atoms with Crippen molar-refractivity contribution in [3.63, 3.8) is 0 Å². The van der Waals surface area contributed by atoms with Gasteiger partial charge in [0.1, 0.15) is 0 Å². The fourth-order valence-corrected chi connectivity index (χ4v) is 2.10. The fourth-order valence-electron chi connectivity index (χ4n) is 2.10. The molecule has 5 heteroatoms. The number of rotatable bonds is 4. The van der Waals surface area contributed by atoms with Crippen LogP contribution in [0.1, 0.15) is 13.8 Å². The summed E-state index contributed by atoms with van der Waals surface area (Å²) in [4.78, 5) is 15.8. The molecule has 1 saturated heterocycles. The molecule has 0 saturated carbocycles. The van der Waals surface area contributed by atoms with Crippen molar-refractivity contribution in [2.24, 2.45) is 5.92 Å². The Labute approximate surface area is 104 Å². The Morgan fingerprint density at radius 2 is 2.18 bits per heavy atom. The third kappa shape index (κ3) is 3.94. The third-order valence-corrected chi connectivity index (χ3v) is 3.24. The lowest BCUT2D eigenvalue weighted by molar-refractivity contribution is -0.137. The molecule has 0 aromatic heterocycles. The number of carbonyl (C=O) groups excluding carboxylic acids is 1. The highest BCUT2D eigenvalue weighted by Gasteiger charge is 2.31. The van der Waals surface area contributed by atoms with Crippen molar-refractivity contribution in [2.75, 3.05) is 40.3 Å². The van der Waals surface area contributed by atoms with E-state index in [1.54, 1.807) is 0 Å². The largest absolute Gasteiger partial charge is 0.394 e. The van der Waals surface area contributed by atoms with Gasteiger partial charge < -0.3 is 20.2 Å². The van der Waals surface area contributed by atoms with Crippen molar-refractivity contribution < 1.29 is 9.90 Å². The molecule has 1 aliphatic rings. The van der Waals surface area contributed by atoms with Gasteiger partial charge in [0, 0.05) is 19.1 Å². The first kappa shape index (κ1) is 14.4. The van der Waals surface area contributed by atoms with Gasteiger partial charge in [-0.1, -0.05) is 13.8 Å². The van der Waals surface area contributed by atoms with Crippen LogP contribution in [0.5, 0.6) is 0 Å². The maximum atomic E-state index is 12.1. The van der Waals surface area contributed by atoms with E-state index < -0.39 is 0 Å². The van der Waals surface area contributed by atoms with Gasteiger partial charge in [0.15, 0.2) is 0 Å². The van der Waals surface area contributed by atoms with Crippen LogP contribution >= 0.6 is 0 Å². The quantitative estimate of drug-likeness (QED) is 0.690. The summed E-state index contributed by atoms with van der Waals surface area (Å²) in [5.41, 5.74) is 0. The van der Waals surface area contributed by atoms with Crippen LogP contribution in [0, 0.1) is 5.92 Å². The molecule has 1 aliphatic heterocycles. The van der Waals surface area contributed by atoms with E-state index in [9.17, 15) is 9.90 Å². The molecule has 0 aromatic rings. The highest BCUT2D eigenvalue weighted by Crippen LogP contribution is 2.13. The monoisotopic (exact) mass is 243 g/mol. The molecule has 1 rings (SSSR count). The SMILES string of the molecule is CC(C)C1CN(C(=O)CN(C)C)C(CO)CN1. The zero-order valence-corrected chi connectivity index (χ0v) is 11.3. The van der Waals surface area contributed by atoms with E-state index in [1.807, 2.05) is 23.9 Å². The Kier molecular flexibility index (Phi) is 5.36. The first-order valence-electron chi connectivity index (χ1n) is 6.24. The number of hydrogen-bond acceptors (Lipinski definition) is 4. The summed E-state index contributed by atoms with van der Waals surface area (Å²) < 4.78 is 0. The molecule has 0 radical (unpaired) electrons. The molecule has 1 heterocycles. The highest BCUT2D eigenvalue weighted by molar-refractivity contribution is 5.78. The lowest BCUT2D eigenvalue weighted by Crippen LogP contribution is -2.61. The minimum atomic E-state index is -0.0857. The van der Waals surface area contributed by atoms with Crippen molar-refractivity contribution in [1.29, 1.82) is 0 Å². The van der Waals surface area contributed by atoms with Gasteiger partial charge in [-0.2, -0.15) is 0 Å². The fraction of sp³-hybridized carbons (Fsp3) is 0.917. The van der Waals surface area contributed by atoms with E-state index in [0.717, 1.165) is 0 Å². The maximum Gasteiger partial charge on any atom is 0.237 e. The van der Waals surface area contributed by atoms with E-state index in [2.05, 4.69) is 19.2 Å². The van der Waals surface area contributed by atoms with E-state index >= 15 is 0 Å². The Balaban J connectivity index is 2.65. The molecule has 0 aliphatic carbocycles.